The summed E-state index contributed by atoms with van der Waals surface area (Å²) in [5.41, 5.74) is 1.01. The van der Waals surface area contributed by atoms with Crippen LogP contribution in [-0.2, 0) is 11.2 Å². The molecule has 3 nitrogen and oxygen atoms in total. The fourth-order valence-corrected chi connectivity index (χ4v) is 3.39. The second-order valence-electron chi connectivity index (χ2n) is 5.92. The highest BCUT2D eigenvalue weighted by atomic mass is 35.5. The number of carbonyl (C=O) groups excluding carboxylic acids is 1. The van der Waals surface area contributed by atoms with E-state index in [0.29, 0.717) is 6.54 Å². The van der Waals surface area contributed by atoms with Crippen LogP contribution >= 0.6 is 11.6 Å². The van der Waals surface area contributed by atoms with Gasteiger partial charge >= 0.3 is 0 Å². The van der Waals surface area contributed by atoms with Crippen LogP contribution in [0.25, 0.3) is 0 Å². The van der Waals surface area contributed by atoms with E-state index in [9.17, 15) is 4.79 Å². The maximum Gasteiger partial charge on any atom is 0.226 e. The zero-order valence-electron chi connectivity index (χ0n) is 12.8. The van der Waals surface area contributed by atoms with Gasteiger partial charge < -0.3 is 10.6 Å². The summed E-state index contributed by atoms with van der Waals surface area (Å²) >= 11 is 5.98. The first kappa shape index (κ1) is 16.3. The molecule has 1 aromatic rings. The Hall–Kier alpha value is -1.06. The van der Waals surface area contributed by atoms with Crippen molar-refractivity contribution < 1.29 is 4.79 Å². The number of benzene rings is 1. The molecule has 21 heavy (non-hydrogen) atoms. The molecule has 1 fully saturated rings. The van der Waals surface area contributed by atoms with Crippen molar-refractivity contribution in [1.29, 1.82) is 0 Å². The Morgan fingerprint density at radius 3 is 2.81 bits per heavy atom. The molecule has 0 aromatic heterocycles. The van der Waals surface area contributed by atoms with Crippen molar-refractivity contribution in [3.63, 3.8) is 0 Å². The van der Waals surface area contributed by atoms with Crippen molar-refractivity contribution in [2.75, 3.05) is 19.6 Å². The number of halogens is 1. The average molecular weight is 309 g/mol. The molecule has 0 atom stereocenters. The Labute approximate surface area is 132 Å². The molecular formula is C17H25ClN2O. The Morgan fingerprint density at radius 2 is 2.14 bits per heavy atom. The molecule has 2 N–H and O–H groups in total. The molecule has 1 aliphatic rings. The second kappa shape index (κ2) is 7.81. The summed E-state index contributed by atoms with van der Waals surface area (Å²) in [6, 6.07) is 7.82. The maximum absolute atomic E-state index is 12.6. The molecule has 116 valence electrons. The van der Waals surface area contributed by atoms with Gasteiger partial charge in [-0.1, -0.05) is 37.1 Å². The number of piperidine rings is 1. The second-order valence-corrected chi connectivity index (χ2v) is 6.35. The fraction of sp³-hybridized carbons (Fsp3) is 0.588. The third-order valence-electron chi connectivity index (χ3n) is 4.36. The fourth-order valence-electron chi connectivity index (χ4n) is 3.17. The predicted octanol–water partition coefficient (Wildman–Crippen LogP) is 3.17. The minimum atomic E-state index is -0.158. The van der Waals surface area contributed by atoms with Gasteiger partial charge in [-0.15, -0.1) is 0 Å². The van der Waals surface area contributed by atoms with E-state index in [1.807, 2.05) is 24.3 Å². The number of hydrogen-bond donors (Lipinski definition) is 2. The largest absolute Gasteiger partial charge is 0.355 e. The van der Waals surface area contributed by atoms with Gasteiger partial charge in [0.15, 0.2) is 0 Å². The minimum Gasteiger partial charge on any atom is -0.355 e. The summed E-state index contributed by atoms with van der Waals surface area (Å²) in [7, 11) is 0. The lowest BCUT2D eigenvalue weighted by molar-refractivity contribution is -0.133. The minimum absolute atomic E-state index is 0.158. The average Bonchev–Trinajstić information content (AvgIpc) is 2.48. The number of carbonyl (C=O) groups is 1. The summed E-state index contributed by atoms with van der Waals surface area (Å²) in [5, 5.41) is 7.23. The zero-order chi connectivity index (χ0) is 15.1. The van der Waals surface area contributed by atoms with Crippen LogP contribution in [0.2, 0.25) is 5.02 Å². The van der Waals surface area contributed by atoms with E-state index < -0.39 is 0 Å². The first-order valence-electron chi connectivity index (χ1n) is 7.90. The van der Waals surface area contributed by atoms with Crippen LogP contribution in [0.1, 0.15) is 38.2 Å². The molecule has 4 heteroatoms. The van der Waals surface area contributed by atoms with Gasteiger partial charge in [-0.25, -0.2) is 0 Å². The van der Waals surface area contributed by atoms with Gasteiger partial charge in [0.2, 0.25) is 5.91 Å². The molecule has 1 aromatic carbocycles. The summed E-state index contributed by atoms with van der Waals surface area (Å²) < 4.78 is 0. The van der Waals surface area contributed by atoms with E-state index in [0.717, 1.165) is 55.8 Å². The zero-order valence-corrected chi connectivity index (χ0v) is 13.5. The van der Waals surface area contributed by atoms with E-state index in [2.05, 4.69) is 17.6 Å². The monoisotopic (exact) mass is 308 g/mol. The molecule has 0 unspecified atom stereocenters. The van der Waals surface area contributed by atoms with E-state index in [1.54, 1.807) is 0 Å². The van der Waals surface area contributed by atoms with Crippen LogP contribution in [-0.4, -0.2) is 25.5 Å². The van der Waals surface area contributed by atoms with Crippen LogP contribution in [0.4, 0.5) is 0 Å². The van der Waals surface area contributed by atoms with Crippen molar-refractivity contribution in [3.05, 3.63) is 34.9 Å². The predicted molar refractivity (Wildman–Crippen MR) is 87.6 cm³/mol. The standard InChI is InChI=1S/C17H25ClN2O/c1-2-7-17(8-11-19-12-9-17)16(21)20-10-6-14-4-3-5-15(18)13-14/h3-5,13,19H,2,6-12H2,1H3,(H,20,21). The van der Waals surface area contributed by atoms with Crippen LogP contribution in [0, 0.1) is 5.41 Å². The van der Waals surface area contributed by atoms with E-state index >= 15 is 0 Å². The van der Waals surface area contributed by atoms with Gasteiger partial charge in [-0.05, 0) is 56.5 Å². The lowest BCUT2D eigenvalue weighted by atomic mass is 9.74. The van der Waals surface area contributed by atoms with Gasteiger partial charge in [0.25, 0.3) is 0 Å². The molecule has 0 spiro atoms. The van der Waals surface area contributed by atoms with E-state index in [4.69, 9.17) is 11.6 Å². The first-order chi connectivity index (χ1) is 10.2. The van der Waals surface area contributed by atoms with Gasteiger partial charge in [0, 0.05) is 11.6 Å². The molecular weight excluding hydrogens is 284 g/mol. The maximum atomic E-state index is 12.6. The third kappa shape index (κ3) is 4.45. The molecule has 0 radical (unpaired) electrons. The van der Waals surface area contributed by atoms with Crippen LogP contribution < -0.4 is 10.6 Å². The Kier molecular flexibility index (Phi) is 6.07. The summed E-state index contributed by atoms with van der Waals surface area (Å²) in [5.74, 6) is 0.230. The SMILES string of the molecule is CCCC1(C(=O)NCCc2cccc(Cl)c2)CCNCC1. The van der Waals surface area contributed by atoms with Crippen LogP contribution in [0.3, 0.4) is 0 Å². The molecule has 1 aliphatic heterocycles. The van der Waals surface area contributed by atoms with E-state index in [1.165, 1.54) is 0 Å². The van der Waals surface area contributed by atoms with Gasteiger partial charge in [-0.3, -0.25) is 4.79 Å². The highest BCUT2D eigenvalue weighted by Crippen LogP contribution is 2.34. The van der Waals surface area contributed by atoms with Gasteiger partial charge in [0.05, 0.1) is 5.41 Å². The van der Waals surface area contributed by atoms with Crippen molar-refractivity contribution >= 4 is 17.5 Å². The Morgan fingerprint density at radius 1 is 1.38 bits per heavy atom. The molecule has 2 rings (SSSR count). The number of amides is 1. The van der Waals surface area contributed by atoms with Crippen LogP contribution in [0.5, 0.6) is 0 Å². The Bertz CT molecular complexity index is 464. The lowest BCUT2D eigenvalue weighted by Crippen LogP contribution is -2.48. The first-order valence-corrected chi connectivity index (χ1v) is 8.27. The van der Waals surface area contributed by atoms with Crippen molar-refractivity contribution in [2.24, 2.45) is 5.41 Å². The molecule has 0 saturated carbocycles. The normalized spacial score (nSPS) is 17.4. The van der Waals surface area contributed by atoms with Crippen molar-refractivity contribution in [2.45, 2.75) is 39.0 Å². The van der Waals surface area contributed by atoms with E-state index in [-0.39, 0.29) is 11.3 Å². The third-order valence-corrected chi connectivity index (χ3v) is 4.59. The van der Waals surface area contributed by atoms with Crippen LogP contribution in [0.15, 0.2) is 24.3 Å². The Balaban J connectivity index is 1.87. The number of nitrogens with one attached hydrogen (secondary N) is 2. The highest BCUT2D eigenvalue weighted by molar-refractivity contribution is 6.30. The lowest BCUT2D eigenvalue weighted by Gasteiger charge is -2.36. The summed E-state index contributed by atoms with van der Waals surface area (Å²) in [4.78, 5) is 12.6. The number of hydrogen-bond acceptors (Lipinski definition) is 2. The van der Waals surface area contributed by atoms with Gasteiger partial charge in [-0.2, -0.15) is 0 Å². The smallest absolute Gasteiger partial charge is 0.226 e. The highest BCUT2D eigenvalue weighted by Gasteiger charge is 2.38. The molecule has 0 aliphatic carbocycles. The van der Waals surface area contributed by atoms with Crippen molar-refractivity contribution in [3.8, 4) is 0 Å². The van der Waals surface area contributed by atoms with Crippen molar-refractivity contribution in [1.82, 2.24) is 10.6 Å². The number of rotatable bonds is 6. The molecule has 1 saturated heterocycles. The quantitative estimate of drug-likeness (QED) is 0.847. The topological polar surface area (TPSA) is 41.1 Å². The molecule has 1 amide bonds. The summed E-state index contributed by atoms with van der Waals surface area (Å²) in [6.45, 7) is 4.73. The molecule has 1 heterocycles. The summed E-state index contributed by atoms with van der Waals surface area (Å²) in [6.07, 6.45) is 4.76. The molecule has 0 bridgehead atoms. The van der Waals surface area contributed by atoms with Gasteiger partial charge in [0.1, 0.15) is 0 Å².